The highest BCUT2D eigenvalue weighted by atomic mass is 35.5. The van der Waals surface area contributed by atoms with Crippen molar-refractivity contribution < 1.29 is 22.8 Å². The van der Waals surface area contributed by atoms with Gasteiger partial charge in [-0.05, 0) is 104 Å². The lowest BCUT2D eigenvalue weighted by Gasteiger charge is -2.60. The Morgan fingerprint density at radius 2 is 1.85 bits per heavy atom. The van der Waals surface area contributed by atoms with Gasteiger partial charge in [0.1, 0.15) is 11.4 Å². The molecule has 0 bridgehead atoms. The molecule has 15 heteroatoms. The van der Waals surface area contributed by atoms with Gasteiger partial charge >= 0.3 is 6.18 Å². The zero-order valence-corrected chi connectivity index (χ0v) is 32.1. The second-order valence-corrected chi connectivity index (χ2v) is 17.5. The minimum atomic E-state index is -4.52. The number of nitrogens with zero attached hydrogens (tertiary/aromatic N) is 5. The first kappa shape index (κ1) is 37.3. The first-order chi connectivity index (χ1) is 25.8. The Kier molecular flexibility index (Phi) is 10.2. The van der Waals surface area contributed by atoms with Crippen LogP contribution in [0.3, 0.4) is 0 Å². The van der Waals surface area contributed by atoms with Gasteiger partial charge in [-0.3, -0.25) is 19.6 Å². The predicted octanol–water partition coefficient (Wildman–Crippen LogP) is 7.15. The molecular formula is C39H46ClF3N8O2S. The average molecular weight is 783 g/mol. The van der Waals surface area contributed by atoms with Gasteiger partial charge in [-0.2, -0.15) is 18.2 Å². The van der Waals surface area contributed by atoms with Crippen LogP contribution in [-0.2, 0) is 15.8 Å². The maximum atomic E-state index is 13.8. The number of nitrogens with one attached hydrogen (secondary N) is 3. The van der Waals surface area contributed by atoms with Crippen LogP contribution in [0.15, 0.2) is 47.5 Å². The molecular weight excluding hydrogens is 737 g/mol. The Morgan fingerprint density at radius 3 is 2.56 bits per heavy atom. The van der Waals surface area contributed by atoms with Crippen LogP contribution in [-0.4, -0.2) is 78.5 Å². The van der Waals surface area contributed by atoms with Gasteiger partial charge in [0.15, 0.2) is 0 Å². The van der Waals surface area contributed by atoms with Crippen molar-refractivity contribution in [1.29, 1.82) is 0 Å². The molecule has 1 spiro atoms. The normalized spacial score (nSPS) is 23.5. The van der Waals surface area contributed by atoms with Gasteiger partial charge in [-0.15, -0.1) is 0 Å². The smallest absolute Gasteiger partial charge is 0.371 e. The molecule has 54 heavy (non-hydrogen) atoms. The maximum Gasteiger partial charge on any atom is 0.421 e. The van der Waals surface area contributed by atoms with Crippen LogP contribution in [0.25, 0.3) is 0 Å². The average Bonchev–Trinajstić information content (AvgIpc) is 3.06. The van der Waals surface area contributed by atoms with E-state index in [1.165, 1.54) is 0 Å². The van der Waals surface area contributed by atoms with E-state index in [1.807, 2.05) is 37.3 Å². The Balaban J connectivity index is 0.765. The number of halogens is 4. The van der Waals surface area contributed by atoms with Crippen molar-refractivity contribution in [2.24, 2.45) is 17.3 Å². The summed E-state index contributed by atoms with van der Waals surface area (Å²) in [5, 5.41) is 6.15. The van der Waals surface area contributed by atoms with E-state index >= 15 is 0 Å². The number of aromatic nitrogens is 2. The van der Waals surface area contributed by atoms with Gasteiger partial charge in [0, 0.05) is 91.7 Å². The Hall–Kier alpha value is -3.59. The number of piperidine rings is 2. The lowest BCUT2D eigenvalue weighted by molar-refractivity contribution is -0.138. The van der Waals surface area contributed by atoms with Crippen LogP contribution in [0.1, 0.15) is 68.1 Å². The standard InChI is InChI=1S/C39H46ClF3N8O2S/c1-23-4-3-11-50(17-23)35-31(39(41,42)43)16-44-37(47-35)45-33-9-6-28(12-24(33)2)54-48-26-14-38(15-26)21-49(22-38)18-25-19-51(20-25)27-5-7-29(32(40)13-27)30-8-10-34(52)46-36(30)53/h5-7,9,12-13,16,23,25-26,30,48H,3-4,8,10-11,14-15,17-22H2,1-2H3,(H,44,45,47)(H,46,52,53). The highest BCUT2D eigenvalue weighted by molar-refractivity contribution is 7.97. The van der Waals surface area contributed by atoms with E-state index in [0.717, 1.165) is 92.0 Å². The molecule has 2 atom stereocenters. The molecule has 0 radical (unpaired) electrons. The molecule has 1 saturated carbocycles. The number of amides is 2. The van der Waals surface area contributed by atoms with E-state index < -0.39 is 11.7 Å². The van der Waals surface area contributed by atoms with Gasteiger partial charge in [0.25, 0.3) is 0 Å². The van der Waals surface area contributed by atoms with Crippen LogP contribution < -0.4 is 25.2 Å². The maximum absolute atomic E-state index is 13.8. The van der Waals surface area contributed by atoms with Crippen LogP contribution in [0, 0.1) is 24.2 Å². The third-order valence-corrected chi connectivity index (χ3v) is 13.0. The first-order valence-corrected chi connectivity index (χ1v) is 20.1. The Labute approximate surface area is 323 Å². The molecule has 288 valence electrons. The van der Waals surface area contributed by atoms with Gasteiger partial charge in [0.05, 0.1) is 5.92 Å². The summed E-state index contributed by atoms with van der Waals surface area (Å²) >= 11 is 8.23. The number of anilines is 4. The monoisotopic (exact) mass is 782 g/mol. The highest BCUT2D eigenvalue weighted by Gasteiger charge is 2.52. The summed E-state index contributed by atoms with van der Waals surface area (Å²) in [6.07, 6.45) is 1.35. The van der Waals surface area contributed by atoms with Gasteiger partial charge in [-0.25, -0.2) is 4.98 Å². The quantitative estimate of drug-likeness (QED) is 0.145. The van der Waals surface area contributed by atoms with E-state index in [0.29, 0.717) is 54.2 Å². The second-order valence-electron chi connectivity index (χ2n) is 16.2. The van der Waals surface area contributed by atoms with Gasteiger partial charge in [0.2, 0.25) is 17.8 Å². The second kappa shape index (κ2) is 14.8. The molecule has 8 rings (SSSR count). The first-order valence-electron chi connectivity index (χ1n) is 18.9. The SMILES string of the molecule is Cc1cc(SNC2CC3(C2)CN(CC2CN(c4ccc(C5CCC(=O)NC5=O)c(Cl)c4)C2)C3)ccc1Nc1ncc(C(F)(F)F)c(N2CCCC(C)C2)n1. The van der Waals surface area contributed by atoms with Crippen molar-refractivity contribution in [3.8, 4) is 0 Å². The molecule has 4 saturated heterocycles. The lowest BCUT2D eigenvalue weighted by Crippen LogP contribution is -2.67. The summed E-state index contributed by atoms with van der Waals surface area (Å²) in [6, 6.07) is 12.4. The molecule has 5 aliphatic rings. The molecule has 10 nitrogen and oxygen atoms in total. The molecule has 3 aromatic rings. The topological polar surface area (TPSA) is 106 Å². The molecule has 2 amide bonds. The van der Waals surface area contributed by atoms with Crippen molar-refractivity contribution in [2.45, 2.75) is 75.4 Å². The number of aryl methyl sites for hydroxylation is 1. The fourth-order valence-corrected chi connectivity index (χ4v) is 10.1. The summed E-state index contributed by atoms with van der Waals surface area (Å²) in [5.41, 5.74) is 3.19. The minimum Gasteiger partial charge on any atom is -0.371 e. The molecule has 2 unspecified atom stereocenters. The molecule has 5 heterocycles. The summed E-state index contributed by atoms with van der Waals surface area (Å²) in [5.74, 6) is 0.154. The zero-order valence-electron chi connectivity index (χ0n) is 30.5. The number of carbonyl (C=O) groups is 2. The van der Waals surface area contributed by atoms with E-state index in [1.54, 1.807) is 16.8 Å². The summed E-state index contributed by atoms with van der Waals surface area (Å²) in [7, 11) is 0. The van der Waals surface area contributed by atoms with Gasteiger partial charge < -0.3 is 20.0 Å². The number of hydrogen-bond acceptors (Lipinski definition) is 10. The van der Waals surface area contributed by atoms with Crippen LogP contribution in [0.5, 0.6) is 0 Å². The predicted molar refractivity (Wildman–Crippen MR) is 205 cm³/mol. The molecule has 2 aromatic carbocycles. The fourth-order valence-electron chi connectivity index (χ4n) is 8.97. The lowest BCUT2D eigenvalue weighted by atomic mass is 9.61. The van der Waals surface area contributed by atoms with Crippen LogP contribution in [0.4, 0.5) is 36.3 Å². The third-order valence-electron chi connectivity index (χ3n) is 11.7. The van der Waals surface area contributed by atoms with Crippen molar-refractivity contribution >= 4 is 58.5 Å². The summed E-state index contributed by atoms with van der Waals surface area (Å²) in [4.78, 5) is 40.0. The van der Waals surface area contributed by atoms with E-state index in [2.05, 4.69) is 48.1 Å². The molecule has 1 aliphatic carbocycles. The minimum absolute atomic E-state index is 0.0541. The van der Waals surface area contributed by atoms with Crippen molar-refractivity contribution in [3.05, 3.63) is 64.3 Å². The molecule has 4 aliphatic heterocycles. The molecule has 5 fully saturated rings. The van der Waals surface area contributed by atoms with Gasteiger partial charge in [-0.1, -0.05) is 24.6 Å². The number of imide groups is 1. The van der Waals surface area contributed by atoms with Crippen molar-refractivity contribution in [1.82, 2.24) is 24.9 Å². The summed E-state index contributed by atoms with van der Waals surface area (Å²) < 4.78 is 45.2. The Bertz CT molecular complexity index is 1910. The zero-order chi connectivity index (χ0) is 37.8. The van der Waals surface area contributed by atoms with E-state index in [9.17, 15) is 22.8 Å². The van der Waals surface area contributed by atoms with Crippen LogP contribution in [0.2, 0.25) is 5.02 Å². The number of benzene rings is 2. The van der Waals surface area contributed by atoms with Crippen molar-refractivity contribution in [3.63, 3.8) is 0 Å². The fraction of sp³-hybridized carbons (Fsp3) is 0.538. The largest absolute Gasteiger partial charge is 0.421 e. The Morgan fingerprint density at radius 1 is 1.06 bits per heavy atom. The highest BCUT2D eigenvalue weighted by Crippen LogP contribution is 2.49. The van der Waals surface area contributed by atoms with Crippen molar-refractivity contribution in [2.75, 3.05) is 60.9 Å². The third kappa shape index (κ3) is 7.89. The number of rotatable bonds is 10. The number of carbonyl (C=O) groups excluding carboxylic acids is 2. The van der Waals surface area contributed by atoms with Crippen LogP contribution >= 0.6 is 23.5 Å². The van der Waals surface area contributed by atoms with E-state index in [4.69, 9.17) is 11.6 Å². The molecule has 1 aromatic heterocycles. The number of likely N-dealkylation sites (tertiary alicyclic amines) is 1. The molecule has 3 N–H and O–H groups in total. The number of hydrogen-bond donors (Lipinski definition) is 3. The summed E-state index contributed by atoms with van der Waals surface area (Å²) in [6.45, 7) is 10.5. The number of alkyl halides is 3. The van der Waals surface area contributed by atoms with E-state index in [-0.39, 0.29) is 29.5 Å².